The van der Waals surface area contributed by atoms with Gasteiger partial charge in [-0.15, -0.1) is 0 Å². The Morgan fingerprint density at radius 3 is 1.88 bits per heavy atom. The zero-order valence-electron chi connectivity index (χ0n) is 11.4. The largest absolute Gasteiger partial charge is 0.553 e. The number of quaternary nitrogens is 1. The van der Waals surface area contributed by atoms with E-state index in [9.17, 15) is 0 Å². The van der Waals surface area contributed by atoms with E-state index in [0.29, 0.717) is 0 Å². The van der Waals surface area contributed by atoms with Crippen molar-refractivity contribution < 1.29 is 19.1 Å². The van der Waals surface area contributed by atoms with Gasteiger partial charge in [-0.25, -0.2) is 0 Å². The minimum atomic E-state index is -1.50. The van der Waals surface area contributed by atoms with Crippen LogP contribution in [0.5, 0.6) is 0 Å². The lowest BCUT2D eigenvalue weighted by Gasteiger charge is -2.23. The van der Waals surface area contributed by atoms with Gasteiger partial charge in [-0.1, -0.05) is 26.2 Å². The van der Waals surface area contributed by atoms with Gasteiger partial charge in [0, 0.05) is 7.11 Å². The Morgan fingerprint density at radius 1 is 1.12 bits per heavy atom. The molecule has 0 N–H and O–H groups in total. The van der Waals surface area contributed by atoms with E-state index in [0.717, 1.165) is 11.6 Å². The Hall–Kier alpha value is -0.770. The Balaban J connectivity index is 0. The Morgan fingerprint density at radius 2 is 1.56 bits per heavy atom. The van der Waals surface area contributed by atoms with E-state index in [1.54, 1.807) is 0 Å². The molecule has 0 rings (SSSR count). The van der Waals surface area contributed by atoms with Crippen LogP contribution in [0.1, 0.15) is 39.0 Å². The summed E-state index contributed by atoms with van der Waals surface area (Å²) >= 11 is 0. The number of carbonyl (C=O) groups is 1. The standard InChI is InChI=1S/C10H24N.C2H4O3/c1-5-6-7-8-9-10-11(2,3)4;1-5-2(3)4/h5-10H2,1-4H3;1H3,(H,3,4)/q+1;/p-1. The van der Waals surface area contributed by atoms with Gasteiger partial charge in [0.1, 0.15) is 0 Å². The smallest absolute Gasteiger partial charge is 0.251 e. The lowest BCUT2D eigenvalue weighted by atomic mass is 10.1. The first-order valence-corrected chi connectivity index (χ1v) is 5.89. The van der Waals surface area contributed by atoms with E-state index < -0.39 is 6.16 Å². The van der Waals surface area contributed by atoms with Crippen molar-refractivity contribution in [2.45, 2.75) is 39.0 Å². The van der Waals surface area contributed by atoms with E-state index in [1.807, 2.05) is 0 Å². The van der Waals surface area contributed by atoms with Crippen molar-refractivity contribution in [3.8, 4) is 0 Å². The molecule has 0 amide bonds. The van der Waals surface area contributed by atoms with Crippen molar-refractivity contribution in [3.63, 3.8) is 0 Å². The number of hydrogen-bond donors (Lipinski definition) is 0. The normalized spacial score (nSPS) is 10.3. The van der Waals surface area contributed by atoms with E-state index in [2.05, 4.69) is 32.8 Å². The highest BCUT2D eigenvalue weighted by Gasteiger charge is 2.04. The molecule has 0 aromatic carbocycles. The Bertz CT molecular complexity index is 164. The van der Waals surface area contributed by atoms with Crippen LogP contribution in [0.2, 0.25) is 0 Å². The Labute approximate surface area is 99.8 Å². The van der Waals surface area contributed by atoms with Crippen LogP contribution in [-0.2, 0) is 4.74 Å². The molecule has 0 aromatic rings. The lowest BCUT2D eigenvalue weighted by Crippen LogP contribution is -2.35. The molecular weight excluding hydrogens is 206 g/mol. The minimum Gasteiger partial charge on any atom is -0.553 e. The van der Waals surface area contributed by atoms with Crippen LogP contribution < -0.4 is 5.11 Å². The number of carbonyl (C=O) groups excluding carboxylic acids is 1. The summed E-state index contributed by atoms with van der Waals surface area (Å²) in [5.41, 5.74) is 0. The summed E-state index contributed by atoms with van der Waals surface area (Å²) in [4.78, 5) is 9.03. The fourth-order valence-corrected chi connectivity index (χ4v) is 1.19. The van der Waals surface area contributed by atoms with Gasteiger partial charge in [0.2, 0.25) is 0 Å². The molecule has 0 aromatic heterocycles. The molecule has 0 radical (unpaired) electrons. The predicted molar refractivity (Wildman–Crippen MR) is 64.1 cm³/mol. The first-order chi connectivity index (χ1) is 7.33. The van der Waals surface area contributed by atoms with E-state index in [1.165, 1.54) is 38.6 Å². The third-order valence-electron chi connectivity index (χ3n) is 2.10. The monoisotopic (exact) mass is 233 g/mol. The molecule has 0 heterocycles. The second-order valence-corrected chi connectivity index (χ2v) is 4.88. The van der Waals surface area contributed by atoms with Crippen molar-refractivity contribution in [2.75, 3.05) is 34.8 Å². The van der Waals surface area contributed by atoms with Crippen molar-refractivity contribution in [1.29, 1.82) is 0 Å². The van der Waals surface area contributed by atoms with Crippen molar-refractivity contribution in [1.82, 2.24) is 0 Å². The second kappa shape index (κ2) is 10.7. The maximum Gasteiger partial charge on any atom is 0.251 e. The number of nitrogens with zero attached hydrogens (tertiary/aromatic N) is 1. The first-order valence-electron chi connectivity index (χ1n) is 5.89. The summed E-state index contributed by atoms with van der Waals surface area (Å²) in [7, 11) is 7.83. The third kappa shape index (κ3) is 23.2. The highest BCUT2D eigenvalue weighted by molar-refractivity contribution is 5.53. The number of hydrogen-bond acceptors (Lipinski definition) is 3. The van der Waals surface area contributed by atoms with Gasteiger partial charge in [0.25, 0.3) is 6.16 Å². The maximum absolute atomic E-state index is 9.03. The molecule has 0 aliphatic carbocycles. The van der Waals surface area contributed by atoms with Crippen molar-refractivity contribution in [3.05, 3.63) is 0 Å². The van der Waals surface area contributed by atoms with E-state index >= 15 is 0 Å². The summed E-state index contributed by atoms with van der Waals surface area (Å²) in [6.07, 6.45) is 5.51. The predicted octanol–water partition coefficient (Wildman–Crippen LogP) is 1.64. The summed E-state index contributed by atoms with van der Waals surface area (Å²) in [5.74, 6) is 0. The molecule has 98 valence electrons. The number of methoxy groups -OCH3 is 1. The van der Waals surface area contributed by atoms with Crippen LogP contribution in [0.3, 0.4) is 0 Å². The molecule has 0 bridgehead atoms. The fourth-order valence-electron chi connectivity index (χ4n) is 1.19. The van der Waals surface area contributed by atoms with Crippen LogP contribution >= 0.6 is 0 Å². The highest BCUT2D eigenvalue weighted by atomic mass is 16.6. The first kappa shape index (κ1) is 17.6. The zero-order chi connectivity index (χ0) is 13.0. The minimum absolute atomic E-state index is 1.04. The van der Waals surface area contributed by atoms with Gasteiger partial charge in [-0.05, 0) is 12.8 Å². The summed E-state index contributed by atoms with van der Waals surface area (Å²) in [5, 5.41) is 9.03. The topological polar surface area (TPSA) is 49.4 Å². The molecule has 4 heteroatoms. The van der Waals surface area contributed by atoms with Gasteiger partial charge in [-0.2, -0.15) is 0 Å². The third-order valence-corrected chi connectivity index (χ3v) is 2.10. The van der Waals surface area contributed by atoms with Gasteiger partial charge in [0.05, 0.1) is 27.7 Å². The summed E-state index contributed by atoms with van der Waals surface area (Å²) in [6, 6.07) is 0. The number of carboxylic acid groups (broad SMARTS) is 1. The van der Waals surface area contributed by atoms with Crippen LogP contribution in [0.25, 0.3) is 0 Å². The Kier molecular flexibility index (Phi) is 11.8. The van der Waals surface area contributed by atoms with E-state index in [4.69, 9.17) is 9.90 Å². The maximum atomic E-state index is 9.03. The summed E-state index contributed by atoms with van der Waals surface area (Å²) < 4.78 is 4.67. The van der Waals surface area contributed by atoms with E-state index in [-0.39, 0.29) is 0 Å². The number of rotatable bonds is 6. The quantitative estimate of drug-likeness (QED) is 0.398. The number of unbranched alkanes of at least 4 members (excludes halogenated alkanes) is 4. The van der Waals surface area contributed by atoms with Gasteiger partial charge >= 0.3 is 0 Å². The van der Waals surface area contributed by atoms with Crippen LogP contribution in [-0.4, -0.2) is 45.4 Å². The molecule has 0 atom stereocenters. The molecule has 0 saturated heterocycles. The average molecular weight is 233 g/mol. The molecule has 0 aliphatic rings. The van der Waals surface area contributed by atoms with Crippen molar-refractivity contribution in [2.24, 2.45) is 0 Å². The van der Waals surface area contributed by atoms with Gasteiger partial charge in [0.15, 0.2) is 0 Å². The molecule has 16 heavy (non-hydrogen) atoms. The van der Waals surface area contributed by atoms with Crippen LogP contribution in [0.15, 0.2) is 0 Å². The molecule has 0 aliphatic heterocycles. The molecule has 0 fully saturated rings. The summed E-state index contributed by atoms with van der Waals surface area (Å²) in [6.45, 7) is 3.59. The lowest BCUT2D eigenvalue weighted by molar-refractivity contribution is -0.870. The molecule has 0 unspecified atom stereocenters. The second-order valence-electron chi connectivity index (χ2n) is 4.88. The highest BCUT2D eigenvalue weighted by Crippen LogP contribution is 2.04. The number of ether oxygens (including phenoxy) is 1. The average Bonchev–Trinajstić information content (AvgIpc) is 2.17. The fraction of sp³-hybridized carbons (Fsp3) is 0.917. The molecule has 0 spiro atoms. The van der Waals surface area contributed by atoms with Crippen LogP contribution in [0.4, 0.5) is 4.79 Å². The van der Waals surface area contributed by atoms with Gasteiger partial charge < -0.3 is 19.1 Å². The molecular formula is C12H27NO3. The SMILES string of the molecule is CCCCCCC[N+](C)(C)C.COC(=O)[O-]. The van der Waals surface area contributed by atoms with Crippen LogP contribution in [0, 0.1) is 0 Å². The molecule has 0 saturated carbocycles. The molecule has 4 nitrogen and oxygen atoms in total. The zero-order valence-corrected chi connectivity index (χ0v) is 11.4. The van der Waals surface area contributed by atoms with Gasteiger partial charge in [-0.3, -0.25) is 0 Å². The van der Waals surface area contributed by atoms with Crippen molar-refractivity contribution >= 4 is 6.16 Å².